The van der Waals surface area contributed by atoms with E-state index in [4.69, 9.17) is 20.9 Å². The minimum Gasteiger partial charge on any atom is -0.403 e. The maximum Gasteiger partial charge on any atom is 0.457 e. The smallest absolute Gasteiger partial charge is 0.403 e. The zero-order valence-electron chi connectivity index (χ0n) is 27.1. The average molecular weight is 602 g/mol. The first-order valence-electron chi connectivity index (χ1n) is 15.9. The average Bonchev–Trinajstić information content (AvgIpc) is 3.09. The molecular weight excluding hydrogens is 549 g/mol. The summed E-state index contributed by atoms with van der Waals surface area (Å²) in [5.41, 5.74) is -0.727. The second-order valence-electron chi connectivity index (χ2n) is 15.1. The van der Waals surface area contributed by atoms with Crippen LogP contribution in [-0.2, 0) is 18.9 Å². The molecule has 0 unspecified atom stereocenters. The van der Waals surface area contributed by atoms with Gasteiger partial charge in [0.2, 0.25) is 11.8 Å². The first kappa shape index (κ1) is 33.3. The molecule has 0 bridgehead atoms. The van der Waals surface area contributed by atoms with Gasteiger partial charge in [0.1, 0.15) is 5.54 Å². The van der Waals surface area contributed by atoms with Crippen LogP contribution in [0.5, 0.6) is 0 Å². The summed E-state index contributed by atoms with van der Waals surface area (Å²) >= 11 is 6.11. The van der Waals surface area contributed by atoms with Crippen LogP contribution in [0.15, 0.2) is 24.3 Å². The molecule has 2 amide bonds. The van der Waals surface area contributed by atoms with Gasteiger partial charge < -0.3 is 24.8 Å². The number of nitrogens with zero attached hydrogens (tertiary/aromatic N) is 1. The maximum atomic E-state index is 14.2. The molecule has 2 N–H and O–H groups in total. The molecule has 0 radical (unpaired) electrons. The third kappa shape index (κ3) is 7.91. The Bertz CT molecular complexity index is 1080. The zero-order valence-corrected chi connectivity index (χ0v) is 27.9. The third-order valence-corrected chi connectivity index (χ3v) is 10.3. The summed E-state index contributed by atoms with van der Waals surface area (Å²) in [4.78, 5) is 29.4. The molecule has 42 heavy (non-hydrogen) atoms. The van der Waals surface area contributed by atoms with E-state index in [2.05, 4.69) is 55.4 Å². The van der Waals surface area contributed by atoms with Crippen molar-refractivity contribution in [2.75, 3.05) is 19.6 Å². The lowest BCUT2D eigenvalue weighted by atomic mass is 9.64. The van der Waals surface area contributed by atoms with Crippen molar-refractivity contribution in [1.82, 2.24) is 15.5 Å². The van der Waals surface area contributed by atoms with Crippen LogP contribution in [0, 0.1) is 11.8 Å². The highest BCUT2D eigenvalue weighted by Gasteiger charge is 2.53. The number of hydrogen-bond donors (Lipinski definition) is 2. The molecule has 9 heteroatoms. The van der Waals surface area contributed by atoms with Crippen molar-refractivity contribution in [1.29, 1.82) is 0 Å². The van der Waals surface area contributed by atoms with Crippen LogP contribution in [0.25, 0.3) is 0 Å². The highest BCUT2D eigenvalue weighted by molar-refractivity contribution is 6.45. The Morgan fingerprint density at radius 1 is 1.00 bits per heavy atom. The number of benzene rings is 1. The molecule has 7 nitrogen and oxygen atoms in total. The Kier molecular flexibility index (Phi) is 10.1. The van der Waals surface area contributed by atoms with E-state index in [1.807, 2.05) is 32.9 Å². The van der Waals surface area contributed by atoms with Gasteiger partial charge in [0.15, 0.2) is 0 Å². The maximum absolute atomic E-state index is 14.2. The van der Waals surface area contributed by atoms with Gasteiger partial charge in [0, 0.05) is 29.9 Å². The summed E-state index contributed by atoms with van der Waals surface area (Å²) in [7, 11) is -0.256. The molecule has 1 aromatic rings. The predicted octanol–water partition coefficient (Wildman–Crippen LogP) is 6.21. The van der Waals surface area contributed by atoms with Gasteiger partial charge in [-0.15, -0.1) is 0 Å². The van der Waals surface area contributed by atoms with Gasteiger partial charge in [-0.25, -0.2) is 0 Å². The van der Waals surface area contributed by atoms with Crippen LogP contribution in [-0.4, -0.2) is 65.7 Å². The van der Waals surface area contributed by atoms with Crippen LogP contribution in [0.1, 0.15) is 105 Å². The molecule has 0 spiro atoms. The number of carbonyl (C=O) groups excluding carboxylic acids is 2. The molecule has 4 rings (SSSR count). The van der Waals surface area contributed by atoms with E-state index in [9.17, 15) is 9.59 Å². The van der Waals surface area contributed by atoms with Crippen molar-refractivity contribution in [3.05, 3.63) is 34.9 Å². The highest BCUT2D eigenvalue weighted by atomic mass is 35.5. The van der Waals surface area contributed by atoms with E-state index < -0.39 is 11.1 Å². The van der Waals surface area contributed by atoms with Gasteiger partial charge >= 0.3 is 7.12 Å². The quantitative estimate of drug-likeness (QED) is 0.347. The van der Waals surface area contributed by atoms with Crippen LogP contribution >= 0.6 is 11.6 Å². The lowest BCUT2D eigenvalue weighted by Gasteiger charge is -2.49. The number of nitrogens with one attached hydrogen (secondary N) is 2. The van der Waals surface area contributed by atoms with Gasteiger partial charge in [0.25, 0.3) is 0 Å². The summed E-state index contributed by atoms with van der Waals surface area (Å²) in [5.74, 6) is 0.620. The Morgan fingerprint density at radius 2 is 1.60 bits per heavy atom. The Labute approximate surface area is 259 Å². The summed E-state index contributed by atoms with van der Waals surface area (Å²) in [5, 5.41) is 7.24. The van der Waals surface area contributed by atoms with Crippen molar-refractivity contribution in [2.45, 2.75) is 128 Å². The third-order valence-electron chi connectivity index (χ3n) is 10.0. The molecule has 0 aromatic heterocycles. The Hall–Kier alpha value is -1.61. The molecule has 3 atom stereocenters. The second-order valence-corrected chi connectivity index (χ2v) is 15.5. The van der Waals surface area contributed by atoms with Crippen LogP contribution in [0.3, 0.4) is 0 Å². The number of halogens is 1. The minimum absolute atomic E-state index is 0.0314. The van der Waals surface area contributed by atoms with Gasteiger partial charge in [-0.1, -0.05) is 30.2 Å². The second kappa shape index (κ2) is 12.8. The fourth-order valence-electron chi connectivity index (χ4n) is 7.11. The van der Waals surface area contributed by atoms with E-state index in [0.29, 0.717) is 12.3 Å². The van der Waals surface area contributed by atoms with Crippen molar-refractivity contribution in [2.24, 2.45) is 11.8 Å². The summed E-state index contributed by atoms with van der Waals surface area (Å²) < 4.78 is 12.5. The molecule has 2 aliphatic heterocycles. The SMILES string of the molecule is CC(=O)N[C@]1(C(=O)NC(C)(C)C)C[C@H](CCB2OC(C)(C)C(C)(C)O2)CC[C@H]1CN1CCC(c2ccc(Cl)cc2)CC1. The topological polar surface area (TPSA) is 79.9 Å². The molecule has 2 heterocycles. The van der Waals surface area contributed by atoms with Crippen LogP contribution in [0.2, 0.25) is 11.3 Å². The number of rotatable bonds is 8. The number of hydrogen-bond acceptors (Lipinski definition) is 5. The Morgan fingerprint density at radius 3 is 2.14 bits per heavy atom. The van der Waals surface area contributed by atoms with E-state index in [0.717, 1.165) is 63.1 Å². The Balaban J connectivity index is 1.47. The summed E-state index contributed by atoms with van der Waals surface area (Å²) in [6.07, 6.45) is 6.36. The van der Waals surface area contributed by atoms with E-state index in [1.165, 1.54) is 12.5 Å². The first-order chi connectivity index (χ1) is 19.5. The van der Waals surface area contributed by atoms with Crippen molar-refractivity contribution in [3.8, 4) is 0 Å². The van der Waals surface area contributed by atoms with Gasteiger partial charge in [0.05, 0.1) is 11.2 Å². The van der Waals surface area contributed by atoms with Gasteiger partial charge in [-0.3, -0.25) is 9.59 Å². The lowest BCUT2D eigenvalue weighted by molar-refractivity contribution is -0.140. The minimum atomic E-state index is -0.953. The standard InChI is InChI=1S/C33H53BClN3O4/c1-23(39)36-33(29(40)37-30(2,3)4)21-24(15-18-34-41-31(5,6)32(7,8)42-34)9-12-27(33)22-38-19-16-26(17-20-38)25-10-13-28(35)14-11-25/h10-11,13-14,24,26-27H,9,12,15-22H2,1-8H3,(H,36,39)(H,37,40)/t24-,27-,33+/m0/s1. The number of piperidine rings is 1. The zero-order chi connectivity index (χ0) is 30.9. The van der Waals surface area contributed by atoms with Crippen molar-refractivity contribution >= 4 is 30.5 Å². The van der Waals surface area contributed by atoms with Crippen molar-refractivity contribution in [3.63, 3.8) is 0 Å². The molecule has 3 fully saturated rings. The highest BCUT2D eigenvalue weighted by Crippen LogP contribution is 2.43. The molecule has 2 saturated heterocycles. The number of amides is 2. The lowest BCUT2D eigenvalue weighted by Crippen LogP contribution is -2.68. The molecule has 1 aliphatic carbocycles. The van der Waals surface area contributed by atoms with Crippen LogP contribution < -0.4 is 10.6 Å². The molecule has 234 valence electrons. The molecule has 3 aliphatic rings. The molecular formula is C33H53BClN3O4. The first-order valence-corrected chi connectivity index (χ1v) is 16.3. The summed E-state index contributed by atoms with van der Waals surface area (Å²) in [6.45, 7) is 18.6. The predicted molar refractivity (Wildman–Crippen MR) is 171 cm³/mol. The summed E-state index contributed by atoms with van der Waals surface area (Å²) in [6, 6.07) is 8.24. The molecule has 1 aromatic carbocycles. The fraction of sp³-hybridized carbons (Fsp3) is 0.758. The number of carbonyl (C=O) groups is 2. The fourth-order valence-corrected chi connectivity index (χ4v) is 7.23. The van der Waals surface area contributed by atoms with Gasteiger partial charge in [-0.2, -0.15) is 0 Å². The number of likely N-dealkylation sites (tertiary alicyclic amines) is 1. The van der Waals surface area contributed by atoms with E-state index in [1.54, 1.807) is 0 Å². The van der Waals surface area contributed by atoms with E-state index in [-0.39, 0.29) is 42.0 Å². The van der Waals surface area contributed by atoms with E-state index >= 15 is 0 Å². The monoisotopic (exact) mass is 601 g/mol. The van der Waals surface area contributed by atoms with Crippen molar-refractivity contribution < 1.29 is 18.9 Å². The largest absolute Gasteiger partial charge is 0.457 e. The molecule has 1 saturated carbocycles. The normalized spacial score (nSPS) is 28.5. The van der Waals surface area contributed by atoms with Gasteiger partial charge in [-0.05, 0) is 130 Å². The van der Waals surface area contributed by atoms with Crippen LogP contribution in [0.4, 0.5) is 0 Å².